The number of amides is 1. The van der Waals surface area contributed by atoms with Gasteiger partial charge in [0.05, 0.1) is 19.8 Å². The number of carbonyl (C=O) groups excluding carboxylic acids is 1. The highest BCUT2D eigenvalue weighted by Crippen LogP contribution is 2.39. The molecular formula is C18H29NO5. The number of hydrogen-bond donors (Lipinski definition) is 1. The molecule has 0 unspecified atom stereocenters. The number of nitrogens with one attached hydrogen (secondary N) is 1. The number of rotatable bonds is 12. The maximum Gasteiger partial charge on any atom is 0.251 e. The molecule has 0 aromatic heterocycles. The van der Waals surface area contributed by atoms with Crippen molar-refractivity contribution in [1.82, 2.24) is 5.32 Å². The van der Waals surface area contributed by atoms with Gasteiger partial charge < -0.3 is 24.3 Å². The van der Waals surface area contributed by atoms with Gasteiger partial charge in [0, 0.05) is 25.3 Å². The van der Waals surface area contributed by atoms with Gasteiger partial charge in [-0.3, -0.25) is 4.79 Å². The van der Waals surface area contributed by atoms with E-state index in [2.05, 4.69) is 5.32 Å². The first-order chi connectivity index (χ1) is 11.7. The summed E-state index contributed by atoms with van der Waals surface area (Å²) in [7, 11) is 0. The van der Waals surface area contributed by atoms with Gasteiger partial charge in [-0.15, -0.1) is 0 Å². The molecule has 1 aromatic carbocycles. The van der Waals surface area contributed by atoms with Crippen LogP contribution in [0, 0.1) is 0 Å². The first-order valence-corrected chi connectivity index (χ1v) is 8.60. The van der Waals surface area contributed by atoms with Crippen LogP contribution < -0.4 is 19.5 Å². The highest BCUT2D eigenvalue weighted by molar-refractivity contribution is 5.95. The molecule has 0 aliphatic heterocycles. The van der Waals surface area contributed by atoms with Crippen LogP contribution in [0.4, 0.5) is 0 Å². The molecule has 0 radical (unpaired) electrons. The van der Waals surface area contributed by atoms with Crippen LogP contribution in [0.15, 0.2) is 12.1 Å². The second-order valence-electron chi connectivity index (χ2n) is 4.91. The first kappa shape index (κ1) is 20.1. The van der Waals surface area contributed by atoms with E-state index in [1.54, 1.807) is 12.1 Å². The Kier molecular flexibility index (Phi) is 9.68. The van der Waals surface area contributed by atoms with E-state index < -0.39 is 0 Å². The van der Waals surface area contributed by atoms with Gasteiger partial charge in [-0.1, -0.05) is 0 Å². The SMILES string of the molecule is CCOCCCNC(=O)c1cc(OCC)c(OCC)c(OCC)c1. The lowest BCUT2D eigenvalue weighted by Crippen LogP contribution is -2.25. The normalized spacial score (nSPS) is 10.3. The molecule has 0 fully saturated rings. The summed E-state index contributed by atoms with van der Waals surface area (Å²) < 4.78 is 22.1. The molecule has 1 amide bonds. The fourth-order valence-electron chi connectivity index (χ4n) is 2.14. The molecule has 24 heavy (non-hydrogen) atoms. The van der Waals surface area contributed by atoms with Crippen LogP contribution in [0.5, 0.6) is 17.2 Å². The summed E-state index contributed by atoms with van der Waals surface area (Å²) in [5, 5.41) is 2.88. The van der Waals surface area contributed by atoms with E-state index in [1.807, 2.05) is 27.7 Å². The summed E-state index contributed by atoms with van der Waals surface area (Å²) in [5.41, 5.74) is 0.488. The summed E-state index contributed by atoms with van der Waals surface area (Å²) >= 11 is 0. The van der Waals surface area contributed by atoms with Gasteiger partial charge in [0.15, 0.2) is 11.5 Å². The third-order valence-electron chi connectivity index (χ3n) is 3.13. The zero-order valence-electron chi connectivity index (χ0n) is 15.1. The molecule has 0 saturated carbocycles. The number of benzene rings is 1. The van der Waals surface area contributed by atoms with Crippen LogP contribution >= 0.6 is 0 Å². The van der Waals surface area contributed by atoms with Crippen molar-refractivity contribution >= 4 is 5.91 Å². The van der Waals surface area contributed by atoms with E-state index in [0.29, 0.717) is 62.4 Å². The fraction of sp³-hybridized carbons (Fsp3) is 0.611. The zero-order valence-corrected chi connectivity index (χ0v) is 15.1. The third kappa shape index (κ3) is 6.28. The Morgan fingerprint density at radius 3 is 2.00 bits per heavy atom. The largest absolute Gasteiger partial charge is 0.490 e. The number of hydrogen-bond acceptors (Lipinski definition) is 5. The summed E-state index contributed by atoms with van der Waals surface area (Å²) in [6, 6.07) is 3.38. The van der Waals surface area contributed by atoms with Gasteiger partial charge in [-0.2, -0.15) is 0 Å². The molecule has 0 heterocycles. The van der Waals surface area contributed by atoms with Crippen LogP contribution in [0.1, 0.15) is 44.5 Å². The predicted octanol–water partition coefficient (Wildman–Crippen LogP) is 3.04. The van der Waals surface area contributed by atoms with Crippen molar-refractivity contribution in [3.8, 4) is 17.2 Å². The van der Waals surface area contributed by atoms with Gasteiger partial charge in [-0.05, 0) is 46.2 Å². The maximum atomic E-state index is 12.4. The molecule has 0 saturated heterocycles. The smallest absolute Gasteiger partial charge is 0.251 e. The Balaban J connectivity index is 2.90. The number of carbonyl (C=O) groups is 1. The molecule has 0 atom stereocenters. The van der Waals surface area contributed by atoms with Crippen molar-refractivity contribution in [2.75, 3.05) is 39.6 Å². The van der Waals surface area contributed by atoms with E-state index in [0.717, 1.165) is 6.42 Å². The van der Waals surface area contributed by atoms with Crippen LogP contribution in [-0.4, -0.2) is 45.5 Å². The Bertz CT molecular complexity index is 477. The predicted molar refractivity (Wildman–Crippen MR) is 93.4 cm³/mol. The quantitative estimate of drug-likeness (QED) is 0.593. The lowest BCUT2D eigenvalue weighted by atomic mass is 10.1. The van der Waals surface area contributed by atoms with Gasteiger partial charge in [0.25, 0.3) is 5.91 Å². The third-order valence-corrected chi connectivity index (χ3v) is 3.13. The summed E-state index contributed by atoms with van der Waals surface area (Å²) in [6.07, 6.45) is 0.771. The highest BCUT2D eigenvalue weighted by atomic mass is 16.5. The lowest BCUT2D eigenvalue weighted by Gasteiger charge is -2.17. The van der Waals surface area contributed by atoms with E-state index in [1.165, 1.54) is 0 Å². The fourth-order valence-corrected chi connectivity index (χ4v) is 2.14. The molecule has 0 bridgehead atoms. The van der Waals surface area contributed by atoms with Crippen molar-refractivity contribution in [3.63, 3.8) is 0 Å². The minimum absolute atomic E-state index is 0.170. The Morgan fingerprint density at radius 2 is 1.50 bits per heavy atom. The minimum Gasteiger partial charge on any atom is -0.490 e. The standard InChI is InChI=1S/C18H29NO5/c1-5-21-11-9-10-19-18(20)14-12-15(22-6-2)17(24-8-4)16(13-14)23-7-3/h12-13H,5-11H2,1-4H3,(H,19,20). The minimum atomic E-state index is -0.170. The van der Waals surface area contributed by atoms with Gasteiger partial charge in [0.2, 0.25) is 5.75 Å². The molecule has 1 rings (SSSR count). The highest BCUT2D eigenvalue weighted by Gasteiger charge is 2.18. The van der Waals surface area contributed by atoms with Crippen molar-refractivity contribution in [2.45, 2.75) is 34.1 Å². The lowest BCUT2D eigenvalue weighted by molar-refractivity contribution is 0.0943. The van der Waals surface area contributed by atoms with Crippen LogP contribution in [-0.2, 0) is 4.74 Å². The van der Waals surface area contributed by atoms with Crippen molar-refractivity contribution in [2.24, 2.45) is 0 Å². The molecule has 136 valence electrons. The second-order valence-corrected chi connectivity index (χ2v) is 4.91. The average molecular weight is 339 g/mol. The van der Waals surface area contributed by atoms with Crippen LogP contribution in [0.25, 0.3) is 0 Å². The van der Waals surface area contributed by atoms with Crippen molar-refractivity contribution in [1.29, 1.82) is 0 Å². The molecule has 1 N–H and O–H groups in total. The second kappa shape index (κ2) is 11.6. The Labute approximate surface area is 144 Å². The van der Waals surface area contributed by atoms with E-state index >= 15 is 0 Å². The molecule has 0 aliphatic rings. The Hall–Kier alpha value is -1.95. The van der Waals surface area contributed by atoms with Crippen molar-refractivity contribution < 1.29 is 23.7 Å². The first-order valence-electron chi connectivity index (χ1n) is 8.60. The maximum absolute atomic E-state index is 12.4. The number of ether oxygens (including phenoxy) is 4. The summed E-state index contributed by atoms with van der Waals surface area (Å²) in [4.78, 5) is 12.4. The van der Waals surface area contributed by atoms with E-state index in [-0.39, 0.29) is 5.91 Å². The monoisotopic (exact) mass is 339 g/mol. The zero-order chi connectivity index (χ0) is 17.8. The van der Waals surface area contributed by atoms with Gasteiger partial charge in [-0.25, -0.2) is 0 Å². The molecule has 0 aliphatic carbocycles. The van der Waals surface area contributed by atoms with Crippen LogP contribution in [0.3, 0.4) is 0 Å². The topological polar surface area (TPSA) is 66.0 Å². The molecular weight excluding hydrogens is 310 g/mol. The molecule has 6 nitrogen and oxygen atoms in total. The molecule has 6 heteroatoms. The van der Waals surface area contributed by atoms with Crippen molar-refractivity contribution in [3.05, 3.63) is 17.7 Å². The van der Waals surface area contributed by atoms with Gasteiger partial charge >= 0.3 is 0 Å². The van der Waals surface area contributed by atoms with E-state index in [9.17, 15) is 4.79 Å². The van der Waals surface area contributed by atoms with E-state index in [4.69, 9.17) is 18.9 Å². The Morgan fingerprint density at radius 1 is 0.917 bits per heavy atom. The average Bonchev–Trinajstić information content (AvgIpc) is 2.57. The van der Waals surface area contributed by atoms with Gasteiger partial charge in [0.1, 0.15) is 0 Å². The summed E-state index contributed by atoms with van der Waals surface area (Å²) in [5.74, 6) is 1.40. The molecule has 0 spiro atoms. The summed E-state index contributed by atoms with van der Waals surface area (Å²) in [6.45, 7) is 10.9. The molecule has 1 aromatic rings. The van der Waals surface area contributed by atoms with Crippen LogP contribution in [0.2, 0.25) is 0 Å².